The van der Waals surface area contributed by atoms with Gasteiger partial charge in [-0.15, -0.1) is 0 Å². The lowest BCUT2D eigenvalue weighted by molar-refractivity contribution is 0.271. The van der Waals surface area contributed by atoms with Crippen molar-refractivity contribution in [3.8, 4) is 6.07 Å². The van der Waals surface area contributed by atoms with Crippen molar-refractivity contribution in [3.05, 3.63) is 18.1 Å². The molecule has 0 aromatic carbocycles. The standard InChI is InChI=1S/C13H17N5/c14-6-12-13(17-4-3-16-12)18-7-9-1-2-11(15)5-10(9)8-18/h3-4,9-11H,1-2,5,7-8,15H2/t9-,10+,11?/m1/s1. The fraction of sp³-hybridized carbons (Fsp3) is 0.615. The Morgan fingerprint density at radius 1 is 1.22 bits per heavy atom. The lowest BCUT2D eigenvalue weighted by Crippen LogP contribution is -2.32. The number of anilines is 1. The second kappa shape index (κ2) is 4.54. The highest BCUT2D eigenvalue weighted by Crippen LogP contribution is 2.37. The maximum atomic E-state index is 9.08. The number of aromatic nitrogens is 2. The highest BCUT2D eigenvalue weighted by molar-refractivity contribution is 5.50. The zero-order valence-corrected chi connectivity index (χ0v) is 10.3. The number of nitriles is 1. The number of rotatable bonds is 1. The van der Waals surface area contributed by atoms with Gasteiger partial charge in [-0.1, -0.05) is 0 Å². The van der Waals surface area contributed by atoms with E-state index >= 15 is 0 Å². The summed E-state index contributed by atoms with van der Waals surface area (Å²) in [5.74, 6) is 2.10. The van der Waals surface area contributed by atoms with E-state index in [0.717, 1.165) is 31.7 Å². The molecular weight excluding hydrogens is 226 g/mol. The second-order valence-corrected chi connectivity index (χ2v) is 5.34. The molecule has 18 heavy (non-hydrogen) atoms. The van der Waals surface area contributed by atoms with Crippen molar-refractivity contribution in [3.63, 3.8) is 0 Å². The van der Waals surface area contributed by atoms with Crippen LogP contribution in [0, 0.1) is 23.2 Å². The van der Waals surface area contributed by atoms with E-state index < -0.39 is 0 Å². The van der Waals surface area contributed by atoms with Gasteiger partial charge < -0.3 is 10.6 Å². The molecule has 1 aliphatic heterocycles. The second-order valence-electron chi connectivity index (χ2n) is 5.34. The van der Waals surface area contributed by atoms with Gasteiger partial charge in [0.15, 0.2) is 11.5 Å². The van der Waals surface area contributed by atoms with Crippen LogP contribution in [0.2, 0.25) is 0 Å². The Balaban J connectivity index is 1.81. The molecular formula is C13H17N5. The first kappa shape index (κ1) is 11.4. The van der Waals surface area contributed by atoms with Crippen LogP contribution in [-0.4, -0.2) is 29.1 Å². The predicted octanol–water partition coefficient (Wildman–Crippen LogP) is 0.912. The van der Waals surface area contributed by atoms with Crippen molar-refractivity contribution >= 4 is 5.82 Å². The molecule has 0 radical (unpaired) electrons. The van der Waals surface area contributed by atoms with Crippen LogP contribution in [0.15, 0.2) is 12.4 Å². The minimum Gasteiger partial charge on any atom is -0.354 e. The molecule has 0 spiro atoms. The van der Waals surface area contributed by atoms with E-state index in [-0.39, 0.29) is 0 Å². The van der Waals surface area contributed by atoms with Gasteiger partial charge in [0.05, 0.1) is 0 Å². The maximum absolute atomic E-state index is 9.08. The van der Waals surface area contributed by atoms with Gasteiger partial charge in [0.1, 0.15) is 6.07 Å². The molecule has 3 rings (SSSR count). The topological polar surface area (TPSA) is 78.8 Å². The molecule has 2 N–H and O–H groups in total. The molecule has 1 saturated heterocycles. The summed E-state index contributed by atoms with van der Waals surface area (Å²) in [5, 5.41) is 9.08. The van der Waals surface area contributed by atoms with Gasteiger partial charge in [-0.25, -0.2) is 9.97 Å². The molecule has 1 aromatic heterocycles. The van der Waals surface area contributed by atoms with Gasteiger partial charge in [-0.2, -0.15) is 5.26 Å². The van der Waals surface area contributed by atoms with Crippen LogP contribution in [-0.2, 0) is 0 Å². The number of nitrogens with two attached hydrogens (primary N) is 1. The normalized spacial score (nSPS) is 30.9. The van der Waals surface area contributed by atoms with Crippen molar-refractivity contribution in [2.75, 3.05) is 18.0 Å². The summed E-state index contributed by atoms with van der Waals surface area (Å²) in [5.41, 5.74) is 6.46. The number of hydrogen-bond acceptors (Lipinski definition) is 5. The maximum Gasteiger partial charge on any atom is 0.183 e. The number of hydrogen-bond donors (Lipinski definition) is 1. The molecule has 3 atom stereocenters. The smallest absolute Gasteiger partial charge is 0.183 e. The van der Waals surface area contributed by atoms with E-state index in [1.165, 1.54) is 6.42 Å². The number of nitrogens with zero attached hydrogens (tertiary/aromatic N) is 4. The minimum absolute atomic E-state index is 0.350. The van der Waals surface area contributed by atoms with E-state index in [2.05, 4.69) is 20.9 Å². The van der Waals surface area contributed by atoms with Crippen molar-refractivity contribution in [1.29, 1.82) is 5.26 Å². The Morgan fingerprint density at radius 2 is 2.00 bits per heavy atom. The van der Waals surface area contributed by atoms with Crippen LogP contribution in [0.25, 0.3) is 0 Å². The monoisotopic (exact) mass is 243 g/mol. The van der Waals surface area contributed by atoms with Gasteiger partial charge in [0.25, 0.3) is 0 Å². The van der Waals surface area contributed by atoms with Crippen LogP contribution >= 0.6 is 0 Å². The van der Waals surface area contributed by atoms with Crippen LogP contribution < -0.4 is 10.6 Å². The first-order valence-electron chi connectivity index (χ1n) is 6.49. The van der Waals surface area contributed by atoms with E-state index in [1.807, 2.05) is 0 Å². The fourth-order valence-corrected chi connectivity index (χ4v) is 3.28. The summed E-state index contributed by atoms with van der Waals surface area (Å²) < 4.78 is 0. The summed E-state index contributed by atoms with van der Waals surface area (Å²) in [4.78, 5) is 10.6. The Kier molecular flexibility index (Phi) is 2.88. The average Bonchev–Trinajstić information content (AvgIpc) is 2.81. The molecule has 2 aliphatic rings. The van der Waals surface area contributed by atoms with Crippen LogP contribution in [0.1, 0.15) is 25.0 Å². The fourth-order valence-electron chi connectivity index (χ4n) is 3.28. The largest absolute Gasteiger partial charge is 0.354 e. The van der Waals surface area contributed by atoms with E-state index in [0.29, 0.717) is 23.6 Å². The zero-order chi connectivity index (χ0) is 12.5. The average molecular weight is 243 g/mol. The quantitative estimate of drug-likeness (QED) is 0.793. The molecule has 5 heteroatoms. The van der Waals surface area contributed by atoms with Gasteiger partial charge in [0.2, 0.25) is 0 Å². The molecule has 0 bridgehead atoms. The Bertz CT molecular complexity index is 481. The molecule has 2 heterocycles. The molecule has 1 saturated carbocycles. The van der Waals surface area contributed by atoms with Crippen LogP contribution in [0.5, 0.6) is 0 Å². The summed E-state index contributed by atoms with van der Waals surface area (Å²) in [7, 11) is 0. The third-order valence-electron chi connectivity index (χ3n) is 4.17. The third-order valence-corrected chi connectivity index (χ3v) is 4.17. The first-order chi connectivity index (χ1) is 8.78. The summed E-state index contributed by atoms with van der Waals surface area (Å²) in [6, 6.07) is 2.47. The van der Waals surface area contributed by atoms with Gasteiger partial charge in [-0.3, -0.25) is 0 Å². The van der Waals surface area contributed by atoms with Crippen molar-refractivity contribution < 1.29 is 0 Å². The van der Waals surface area contributed by atoms with Crippen molar-refractivity contribution in [1.82, 2.24) is 9.97 Å². The summed E-state index contributed by atoms with van der Waals surface area (Å²) in [6.45, 7) is 1.95. The first-order valence-corrected chi connectivity index (χ1v) is 6.49. The molecule has 0 amide bonds. The summed E-state index contributed by atoms with van der Waals surface area (Å²) >= 11 is 0. The molecule has 2 fully saturated rings. The molecule has 1 unspecified atom stereocenters. The van der Waals surface area contributed by atoms with Crippen LogP contribution in [0.3, 0.4) is 0 Å². The number of fused-ring (bicyclic) bond motifs is 1. The van der Waals surface area contributed by atoms with Crippen LogP contribution in [0.4, 0.5) is 5.82 Å². The lowest BCUT2D eigenvalue weighted by Gasteiger charge is -2.27. The molecule has 5 nitrogen and oxygen atoms in total. The van der Waals surface area contributed by atoms with E-state index in [1.54, 1.807) is 12.4 Å². The minimum atomic E-state index is 0.350. The highest BCUT2D eigenvalue weighted by Gasteiger charge is 2.37. The molecule has 1 aromatic rings. The zero-order valence-electron chi connectivity index (χ0n) is 10.3. The Labute approximate surface area is 107 Å². The van der Waals surface area contributed by atoms with Gasteiger partial charge in [-0.05, 0) is 31.1 Å². The predicted molar refractivity (Wildman–Crippen MR) is 67.8 cm³/mol. The molecule has 1 aliphatic carbocycles. The van der Waals surface area contributed by atoms with E-state index in [9.17, 15) is 0 Å². The third kappa shape index (κ3) is 1.93. The van der Waals surface area contributed by atoms with Gasteiger partial charge >= 0.3 is 0 Å². The van der Waals surface area contributed by atoms with Crippen molar-refractivity contribution in [2.24, 2.45) is 17.6 Å². The Morgan fingerprint density at radius 3 is 2.83 bits per heavy atom. The van der Waals surface area contributed by atoms with Gasteiger partial charge in [0, 0.05) is 31.5 Å². The lowest BCUT2D eigenvalue weighted by atomic mass is 9.79. The van der Waals surface area contributed by atoms with E-state index in [4.69, 9.17) is 11.0 Å². The SMILES string of the molecule is N#Cc1nccnc1N1C[C@H]2CCC(N)C[C@H]2C1. The highest BCUT2D eigenvalue weighted by atomic mass is 15.2. The summed E-state index contributed by atoms with van der Waals surface area (Å²) in [6.07, 6.45) is 6.65. The van der Waals surface area contributed by atoms with Crippen molar-refractivity contribution in [2.45, 2.75) is 25.3 Å². The molecule has 94 valence electrons. The Hall–Kier alpha value is -1.67.